The normalized spacial score (nSPS) is 10.6. The average Bonchev–Trinajstić information content (AvgIpc) is 3.20. The summed E-state index contributed by atoms with van der Waals surface area (Å²) in [5.41, 5.74) is 1.82. The van der Waals surface area contributed by atoms with E-state index in [1.807, 2.05) is 24.3 Å². The number of pyridine rings is 1. The van der Waals surface area contributed by atoms with Crippen LogP contribution in [0.5, 0.6) is 0 Å². The number of anilines is 1. The van der Waals surface area contributed by atoms with Gasteiger partial charge in [0.1, 0.15) is 5.69 Å². The Kier molecular flexibility index (Phi) is 5.00. The topological polar surface area (TPSA) is 110 Å². The Labute approximate surface area is 149 Å². The van der Waals surface area contributed by atoms with Gasteiger partial charge in [0.2, 0.25) is 0 Å². The zero-order valence-electron chi connectivity index (χ0n) is 13.6. The average molecular weight is 346 g/mol. The summed E-state index contributed by atoms with van der Waals surface area (Å²) < 4.78 is 1.65. The molecule has 0 atom stereocenters. The van der Waals surface area contributed by atoms with Crippen molar-refractivity contribution in [2.75, 3.05) is 5.32 Å². The lowest BCUT2D eigenvalue weighted by molar-refractivity contribution is -0.384. The molecule has 3 aromatic rings. The Hall–Kier alpha value is -3.99. The molecule has 0 aliphatic heterocycles. The third-order valence-corrected chi connectivity index (χ3v) is 3.60. The van der Waals surface area contributed by atoms with Gasteiger partial charge >= 0.3 is 0 Å². The smallest absolute Gasteiger partial charge is 0.292 e. The molecular formula is C18H14N6O2. The van der Waals surface area contributed by atoms with E-state index in [9.17, 15) is 10.1 Å². The molecule has 128 valence electrons. The van der Waals surface area contributed by atoms with Gasteiger partial charge in [0, 0.05) is 37.3 Å². The van der Waals surface area contributed by atoms with E-state index in [0.29, 0.717) is 23.6 Å². The second-order valence-corrected chi connectivity index (χ2v) is 5.32. The number of rotatable bonds is 6. The molecule has 0 bridgehead atoms. The number of aromatic nitrogens is 3. The molecule has 26 heavy (non-hydrogen) atoms. The maximum Gasteiger partial charge on any atom is 0.292 e. The Morgan fingerprint density at radius 1 is 1.35 bits per heavy atom. The van der Waals surface area contributed by atoms with Crippen LogP contribution in [0.4, 0.5) is 11.4 Å². The Morgan fingerprint density at radius 2 is 2.23 bits per heavy atom. The SMILES string of the molecule is N#CC=Cc1ccc(NCc2ccc(-n3cccn3)nc2)c([N+](=O)[O-])c1. The molecule has 0 radical (unpaired) electrons. The minimum Gasteiger partial charge on any atom is -0.375 e. The fourth-order valence-electron chi connectivity index (χ4n) is 2.34. The van der Waals surface area contributed by atoms with E-state index in [1.165, 1.54) is 18.2 Å². The molecule has 0 aliphatic carbocycles. The van der Waals surface area contributed by atoms with Gasteiger partial charge < -0.3 is 5.32 Å². The molecular weight excluding hydrogens is 332 g/mol. The number of allylic oxidation sites excluding steroid dienone is 1. The van der Waals surface area contributed by atoms with Gasteiger partial charge in [0.25, 0.3) is 5.69 Å². The predicted octanol–water partition coefficient (Wildman–Crippen LogP) is 3.32. The van der Waals surface area contributed by atoms with Gasteiger partial charge in [0.15, 0.2) is 5.82 Å². The molecule has 1 aromatic carbocycles. The van der Waals surface area contributed by atoms with Crippen LogP contribution >= 0.6 is 0 Å². The third-order valence-electron chi connectivity index (χ3n) is 3.60. The van der Waals surface area contributed by atoms with E-state index < -0.39 is 4.92 Å². The van der Waals surface area contributed by atoms with Gasteiger partial charge in [-0.1, -0.05) is 12.1 Å². The van der Waals surface area contributed by atoms with Crippen LogP contribution in [0.25, 0.3) is 11.9 Å². The molecule has 0 amide bonds. The van der Waals surface area contributed by atoms with Crippen LogP contribution in [0, 0.1) is 21.4 Å². The fourth-order valence-corrected chi connectivity index (χ4v) is 2.34. The predicted molar refractivity (Wildman–Crippen MR) is 96.4 cm³/mol. The van der Waals surface area contributed by atoms with Crippen molar-refractivity contribution in [1.29, 1.82) is 5.26 Å². The van der Waals surface area contributed by atoms with E-state index in [4.69, 9.17) is 5.26 Å². The van der Waals surface area contributed by atoms with Crippen LogP contribution < -0.4 is 5.32 Å². The van der Waals surface area contributed by atoms with Crippen LogP contribution in [-0.4, -0.2) is 19.7 Å². The lowest BCUT2D eigenvalue weighted by Crippen LogP contribution is -2.04. The van der Waals surface area contributed by atoms with Crippen molar-refractivity contribution in [2.24, 2.45) is 0 Å². The van der Waals surface area contributed by atoms with Gasteiger partial charge in [-0.15, -0.1) is 0 Å². The first kappa shape index (κ1) is 16.9. The van der Waals surface area contributed by atoms with Crippen molar-refractivity contribution in [3.05, 3.63) is 82.3 Å². The van der Waals surface area contributed by atoms with E-state index in [0.717, 1.165) is 5.56 Å². The molecule has 3 rings (SSSR count). The number of nitro benzene ring substituents is 1. The molecule has 0 saturated carbocycles. The molecule has 8 heteroatoms. The Morgan fingerprint density at radius 3 is 2.88 bits per heavy atom. The number of hydrogen-bond donors (Lipinski definition) is 1. The molecule has 0 aliphatic rings. The second-order valence-electron chi connectivity index (χ2n) is 5.32. The van der Waals surface area contributed by atoms with Crippen LogP contribution in [0.2, 0.25) is 0 Å². The molecule has 0 spiro atoms. The largest absolute Gasteiger partial charge is 0.375 e. The third kappa shape index (κ3) is 3.91. The van der Waals surface area contributed by atoms with Gasteiger partial charge in [-0.3, -0.25) is 10.1 Å². The molecule has 2 aromatic heterocycles. The Balaban J connectivity index is 1.73. The number of nitriles is 1. The highest BCUT2D eigenvalue weighted by atomic mass is 16.6. The standard InChI is InChI=1S/C18H14N6O2/c19-8-1-3-14-4-6-16(17(11-14)24(25)26)20-12-15-5-7-18(21-13-15)23-10-2-9-22-23/h1-7,9-11,13,20H,12H2. The first-order valence-corrected chi connectivity index (χ1v) is 7.71. The zero-order valence-corrected chi connectivity index (χ0v) is 13.6. The van der Waals surface area contributed by atoms with Crippen molar-refractivity contribution in [3.63, 3.8) is 0 Å². The summed E-state index contributed by atoms with van der Waals surface area (Å²) >= 11 is 0. The monoisotopic (exact) mass is 346 g/mol. The van der Waals surface area contributed by atoms with Crippen molar-refractivity contribution in [1.82, 2.24) is 14.8 Å². The van der Waals surface area contributed by atoms with Gasteiger partial charge in [0.05, 0.1) is 11.0 Å². The molecule has 2 heterocycles. The number of benzene rings is 1. The van der Waals surface area contributed by atoms with Crippen LogP contribution in [0.15, 0.2) is 61.1 Å². The maximum atomic E-state index is 11.3. The highest BCUT2D eigenvalue weighted by molar-refractivity contribution is 5.67. The number of nitro groups is 1. The van der Waals surface area contributed by atoms with Crippen molar-refractivity contribution in [3.8, 4) is 11.9 Å². The van der Waals surface area contributed by atoms with E-state index in [2.05, 4.69) is 15.4 Å². The summed E-state index contributed by atoms with van der Waals surface area (Å²) in [6.07, 6.45) is 7.96. The summed E-state index contributed by atoms with van der Waals surface area (Å²) in [4.78, 5) is 15.2. The van der Waals surface area contributed by atoms with E-state index in [1.54, 1.807) is 35.4 Å². The van der Waals surface area contributed by atoms with Gasteiger partial charge in [-0.25, -0.2) is 9.67 Å². The number of hydrogen-bond acceptors (Lipinski definition) is 6. The first-order valence-electron chi connectivity index (χ1n) is 7.71. The minimum atomic E-state index is -0.453. The molecule has 1 N–H and O–H groups in total. The zero-order chi connectivity index (χ0) is 18.4. The maximum absolute atomic E-state index is 11.3. The van der Waals surface area contributed by atoms with Crippen LogP contribution in [0.1, 0.15) is 11.1 Å². The highest BCUT2D eigenvalue weighted by Gasteiger charge is 2.14. The number of nitrogens with one attached hydrogen (secondary N) is 1. The minimum absolute atomic E-state index is 0.0498. The summed E-state index contributed by atoms with van der Waals surface area (Å²) in [6.45, 7) is 0.389. The quantitative estimate of drug-likeness (QED) is 0.416. The van der Waals surface area contributed by atoms with Crippen molar-refractivity contribution < 1.29 is 4.92 Å². The fraction of sp³-hybridized carbons (Fsp3) is 0.0556. The lowest BCUT2D eigenvalue weighted by Gasteiger charge is -2.08. The van der Waals surface area contributed by atoms with Crippen molar-refractivity contribution >= 4 is 17.5 Å². The summed E-state index contributed by atoms with van der Waals surface area (Å²) in [7, 11) is 0. The second kappa shape index (κ2) is 7.72. The lowest BCUT2D eigenvalue weighted by atomic mass is 10.1. The van der Waals surface area contributed by atoms with Gasteiger partial charge in [-0.2, -0.15) is 10.4 Å². The van der Waals surface area contributed by atoms with E-state index >= 15 is 0 Å². The van der Waals surface area contributed by atoms with Crippen LogP contribution in [-0.2, 0) is 6.54 Å². The molecule has 8 nitrogen and oxygen atoms in total. The van der Waals surface area contributed by atoms with E-state index in [-0.39, 0.29) is 5.69 Å². The summed E-state index contributed by atoms with van der Waals surface area (Å²) in [5.74, 6) is 0.693. The summed E-state index contributed by atoms with van der Waals surface area (Å²) in [5, 5.41) is 27.0. The first-order chi connectivity index (χ1) is 12.7. The Bertz CT molecular complexity index is 972. The molecule has 0 fully saturated rings. The molecule has 0 saturated heterocycles. The van der Waals surface area contributed by atoms with Crippen molar-refractivity contribution in [2.45, 2.75) is 6.54 Å². The number of nitrogens with zero attached hydrogens (tertiary/aromatic N) is 5. The van der Waals surface area contributed by atoms with Crippen LogP contribution in [0.3, 0.4) is 0 Å². The highest BCUT2D eigenvalue weighted by Crippen LogP contribution is 2.26. The summed E-state index contributed by atoms with van der Waals surface area (Å²) in [6, 6.07) is 12.1. The van der Waals surface area contributed by atoms with Gasteiger partial charge in [-0.05, 0) is 35.4 Å². The molecule has 0 unspecified atom stereocenters.